The number of hydrogen-bond donors (Lipinski definition) is 1. The summed E-state index contributed by atoms with van der Waals surface area (Å²) in [5.41, 5.74) is 0. The van der Waals surface area contributed by atoms with Crippen molar-refractivity contribution < 1.29 is 5.11 Å². The van der Waals surface area contributed by atoms with Crippen LogP contribution >= 0.6 is 0 Å². The van der Waals surface area contributed by atoms with Crippen LogP contribution in [0.2, 0.25) is 0 Å². The molecule has 1 aliphatic carbocycles. The molecule has 1 nitrogen and oxygen atoms in total. The molecular weight excluding hydrogens is 136 g/mol. The fourth-order valence-electron chi connectivity index (χ4n) is 2.15. The maximum Gasteiger partial charge on any atom is 0.0573 e. The second-order valence-corrected chi connectivity index (χ2v) is 4.39. The first-order chi connectivity index (χ1) is 5.11. The Hall–Kier alpha value is -0.0400. The van der Waals surface area contributed by atoms with Gasteiger partial charge in [-0.25, -0.2) is 0 Å². The van der Waals surface area contributed by atoms with Crippen molar-refractivity contribution in [1.29, 1.82) is 0 Å². The highest BCUT2D eigenvalue weighted by molar-refractivity contribution is 4.79. The van der Waals surface area contributed by atoms with Gasteiger partial charge in [0, 0.05) is 0 Å². The third-order valence-corrected chi connectivity index (χ3v) is 2.99. The molecule has 1 unspecified atom stereocenters. The molecule has 0 spiro atoms. The summed E-state index contributed by atoms with van der Waals surface area (Å²) in [5.74, 6) is 1.95. The molecule has 0 aromatic rings. The molecular formula is C10H20O. The van der Waals surface area contributed by atoms with Crippen LogP contribution in [0.3, 0.4) is 0 Å². The van der Waals surface area contributed by atoms with Gasteiger partial charge in [0.2, 0.25) is 0 Å². The van der Waals surface area contributed by atoms with E-state index in [9.17, 15) is 5.11 Å². The minimum Gasteiger partial charge on any atom is -0.393 e. The fourth-order valence-corrected chi connectivity index (χ4v) is 2.15. The van der Waals surface area contributed by atoms with Gasteiger partial charge < -0.3 is 5.11 Å². The predicted molar refractivity (Wildman–Crippen MR) is 47.3 cm³/mol. The van der Waals surface area contributed by atoms with E-state index < -0.39 is 0 Å². The zero-order valence-electron chi connectivity index (χ0n) is 7.88. The zero-order chi connectivity index (χ0) is 8.43. The van der Waals surface area contributed by atoms with E-state index in [1.807, 2.05) is 0 Å². The smallest absolute Gasteiger partial charge is 0.0573 e. The first kappa shape index (κ1) is 9.05. The van der Waals surface area contributed by atoms with Gasteiger partial charge in [-0.2, -0.15) is 0 Å². The van der Waals surface area contributed by atoms with Crippen LogP contribution in [0.4, 0.5) is 0 Å². The Kier molecular flexibility index (Phi) is 2.94. The summed E-state index contributed by atoms with van der Waals surface area (Å²) in [4.78, 5) is 0. The number of rotatable bonds is 1. The fraction of sp³-hybridized carbons (Fsp3) is 1.00. The molecule has 0 aromatic carbocycles. The molecule has 1 rings (SSSR count). The van der Waals surface area contributed by atoms with Crippen LogP contribution in [0.15, 0.2) is 0 Å². The van der Waals surface area contributed by atoms with E-state index >= 15 is 0 Å². The van der Waals surface area contributed by atoms with Gasteiger partial charge >= 0.3 is 0 Å². The van der Waals surface area contributed by atoms with Crippen LogP contribution in [0.1, 0.15) is 40.0 Å². The first-order valence-electron chi connectivity index (χ1n) is 4.79. The van der Waals surface area contributed by atoms with E-state index in [-0.39, 0.29) is 6.10 Å². The SMILES string of the molecule is CC(C)C1CC[C@@H](C)C[C@H]1O. The lowest BCUT2D eigenvalue weighted by Crippen LogP contribution is -2.31. The molecule has 1 aliphatic rings. The lowest BCUT2D eigenvalue weighted by atomic mass is 9.75. The van der Waals surface area contributed by atoms with Crippen molar-refractivity contribution in [3.05, 3.63) is 0 Å². The molecule has 0 amide bonds. The van der Waals surface area contributed by atoms with Crippen molar-refractivity contribution in [2.45, 2.75) is 46.1 Å². The Morgan fingerprint density at radius 3 is 2.36 bits per heavy atom. The molecule has 1 saturated carbocycles. The summed E-state index contributed by atoms with van der Waals surface area (Å²) in [5, 5.41) is 9.71. The molecule has 0 aromatic heterocycles. The molecule has 0 bridgehead atoms. The monoisotopic (exact) mass is 156 g/mol. The van der Waals surface area contributed by atoms with E-state index in [0.29, 0.717) is 11.8 Å². The van der Waals surface area contributed by atoms with Crippen LogP contribution in [0.5, 0.6) is 0 Å². The van der Waals surface area contributed by atoms with Crippen molar-refractivity contribution in [2.24, 2.45) is 17.8 Å². The highest BCUT2D eigenvalue weighted by atomic mass is 16.3. The Labute approximate surface area is 69.8 Å². The van der Waals surface area contributed by atoms with Crippen molar-refractivity contribution in [3.63, 3.8) is 0 Å². The summed E-state index contributed by atoms with van der Waals surface area (Å²) in [6.45, 7) is 6.66. The second-order valence-electron chi connectivity index (χ2n) is 4.39. The van der Waals surface area contributed by atoms with E-state index in [2.05, 4.69) is 20.8 Å². The molecule has 66 valence electrons. The zero-order valence-corrected chi connectivity index (χ0v) is 7.88. The average molecular weight is 156 g/mol. The molecule has 0 aliphatic heterocycles. The standard InChI is InChI=1S/C10H20O/c1-7(2)9-5-4-8(3)6-10(9)11/h7-11H,4-6H2,1-3H3/t8-,9?,10-/m1/s1. The van der Waals surface area contributed by atoms with E-state index in [4.69, 9.17) is 0 Å². The molecule has 3 atom stereocenters. The van der Waals surface area contributed by atoms with Gasteiger partial charge in [-0.05, 0) is 30.6 Å². The van der Waals surface area contributed by atoms with Crippen LogP contribution in [0.25, 0.3) is 0 Å². The minimum atomic E-state index is -0.0289. The number of aliphatic hydroxyl groups is 1. The van der Waals surface area contributed by atoms with Gasteiger partial charge in [-0.3, -0.25) is 0 Å². The lowest BCUT2D eigenvalue weighted by Gasteiger charge is -2.33. The summed E-state index contributed by atoms with van der Waals surface area (Å²) in [6.07, 6.45) is 3.52. The van der Waals surface area contributed by atoms with Gasteiger partial charge in [0.15, 0.2) is 0 Å². The highest BCUT2D eigenvalue weighted by Crippen LogP contribution is 2.33. The molecule has 0 heterocycles. The predicted octanol–water partition coefficient (Wildman–Crippen LogP) is 2.44. The van der Waals surface area contributed by atoms with E-state index in [1.165, 1.54) is 12.8 Å². The molecule has 0 saturated heterocycles. The average Bonchev–Trinajstić information content (AvgIpc) is 1.85. The normalized spacial score (nSPS) is 39.5. The molecule has 11 heavy (non-hydrogen) atoms. The van der Waals surface area contributed by atoms with Crippen molar-refractivity contribution in [2.75, 3.05) is 0 Å². The molecule has 1 heteroatoms. The first-order valence-corrected chi connectivity index (χ1v) is 4.79. The van der Waals surface area contributed by atoms with Gasteiger partial charge in [0.05, 0.1) is 6.10 Å². The Balaban J connectivity index is 2.44. The number of aliphatic hydroxyl groups excluding tert-OH is 1. The summed E-state index contributed by atoms with van der Waals surface area (Å²) >= 11 is 0. The molecule has 0 radical (unpaired) electrons. The van der Waals surface area contributed by atoms with E-state index in [0.717, 1.165) is 12.3 Å². The third kappa shape index (κ3) is 2.19. The summed E-state index contributed by atoms with van der Waals surface area (Å²) in [6, 6.07) is 0. The maximum absolute atomic E-state index is 9.71. The van der Waals surface area contributed by atoms with Crippen molar-refractivity contribution >= 4 is 0 Å². The number of hydrogen-bond acceptors (Lipinski definition) is 1. The molecule has 1 fully saturated rings. The minimum absolute atomic E-state index is 0.0289. The third-order valence-electron chi connectivity index (χ3n) is 2.99. The maximum atomic E-state index is 9.71. The Morgan fingerprint density at radius 1 is 1.27 bits per heavy atom. The van der Waals surface area contributed by atoms with E-state index in [1.54, 1.807) is 0 Å². The van der Waals surface area contributed by atoms with Gasteiger partial charge in [0.25, 0.3) is 0 Å². The van der Waals surface area contributed by atoms with Crippen LogP contribution in [0, 0.1) is 17.8 Å². The second kappa shape index (κ2) is 3.57. The van der Waals surface area contributed by atoms with Crippen LogP contribution < -0.4 is 0 Å². The summed E-state index contributed by atoms with van der Waals surface area (Å²) in [7, 11) is 0. The van der Waals surface area contributed by atoms with Gasteiger partial charge in [-0.1, -0.05) is 27.2 Å². The topological polar surface area (TPSA) is 20.2 Å². The Morgan fingerprint density at radius 2 is 1.91 bits per heavy atom. The quantitative estimate of drug-likeness (QED) is 0.618. The largest absolute Gasteiger partial charge is 0.393 e. The summed E-state index contributed by atoms with van der Waals surface area (Å²) < 4.78 is 0. The van der Waals surface area contributed by atoms with Crippen LogP contribution in [-0.2, 0) is 0 Å². The van der Waals surface area contributed by atoms with Gasteiger partial charge in [-0.15, -0.1) is 0 Å². The van der Waals surface area contributed by atoms with Crippen LogP contribution in [-0.4, -0.2) is 11.2 Å². The Bertz CT molecular complexity index is 120. The highest BCUT2D eigenvalue weighted by Gasteiger charge is 2.28. The lowest BCUT2D eigenvalue weighted by molar-refractivity contribution is 0.0266. The van der Waals surface area contributed by atoms with Crippen molar-refractivity contribution in [3.8, 4) is 0 Å². The van der Waals surface area contributed by atoms with Gasteiger partial charge in [0.1, 0.15) is 0 Å². The van der Waals surface area contributed by atoms with Crippen molar-refractivity contribution in [1.82, 2.24) is 0 Å². The molecule has 1 N–H and O–H groups in total.